The van der Waals surface area contributed by atoms with Crippen molar-refractivity contribution in [3.05, 3.63) is 0 Å². The number of halogens is 6. The average molecular weight is 495 g/mol. The normalized spacial score (nSPS) is 13.2. The molecule has 0 aliphatic heterocycles. The van der Waals surface area contributed by atoms with E-state index < -0.39 is 31.3 Å². The Morgan fingerprint density at radius 2 is 0.706 bits per heavy atom. The molecule has 2 N–H and O–H groups in total. The molecule has 0 aromatic carbocycles. The van der Waals surface area contributed by atoms with Crippen molar-refractivity contribution in [1.82, 2.24) is 0 Å². The Balaban J connectivity index is -0.000000218. The maximum atomic E-state index is 10.7. The first-order valence-electron chi connectivity index (χ1n) is 2.57. The Bertz CT molecular complexity index is 374. The Kier molecular flexibility index (Phi) is 8.27. The molecule has 0 amide bonds. The molecule has 108 valence electrons. The zero-order valence-electron chi connectivity index (χ0n) is 6.93. The summed E-state index contributed by atoms with van der Waals surface area (Å²) in [4.78, 5) is 0. The van der Waals surface area contributed by atoms with Crippen molar-refractivity contribution < 1.29 is 73.3 Å². The van der Waals surface area contributed by atoms with E-state index in [1.807, 2.05) is 0 Å². The topological polar surface area (TPSA) is 109 Å². The molecule has 0 spiro atoms. The zero-order chi connectivity index (χ0) is 14.0. The van der Waals surface area contributed by atoms with Gasteiger partial charge in [0.25, 0.3) is 0 Å². The molecule has 0 fully saturated rings. The molecule has 0 aliphatic rings. The van der Waals surface area contributed by atoms with E-state index in [4.69, 9.17) is 25.9 Å². The summed E-state index contributed by atoms with van der Waals surface area (Å²) in [5.41, 5.74) is -11.1. The fourth-order valence-corrected chi connectivity index (χ4v) is 0. The molecule has 0 bridgehead atoms. The second-order valence-electron chi connectivity index (χ2n) is 1.84. The molecule has 0 aromatic heterocycles. The first-order chi connectivity index (χ1) is 6.50. The first-order valence-corrected chi connectivity index (χ1v) is 5.45. The van der Waals surface area contributed by atoms with Crippen LogP contribution in [-0.4, -0.2) is 37.0 Å². The SMILES string of the molecule is O=S(=O)(O)C(F)(F)F.O=S(=O)(O)C(F)(F)F.[Pt+2]. The maximum Gasteiger partial charge on any atom is 2.00 e. The molecule has 0 rings (SSSR count). The molecule has 0 radical (unpaired) electrons. The third-order valence-corrected chi connectivity index (χ3v) is 1.75. The predicted molar refractivity (Wildman–Crippen MR) is 35.2 cm³/mol. The van der Waals surface area contributed by atoms with Crippen molar-refractivity contribution in [2.45, 2.75) is 11.0 Å². The summed E-state index contributed by atoms with van der Waals surface area (Å²) < 4.78 is 115. The molecule has 0 saturated heterocycles. The van der Waals surface area contributed by atoms with E-state index >= 15 is 0 Å². The summed E-state index contributed by atoms with van der Waals surface area (Å²) in [6.45, 7) is 0. The van der Waals surface area contributed by atoms with Crippen molar-refractivity contribution in [3.8, 4) is 0 Å². The summed E-state index contributed by atoms with van der Waals surface area (Å²) in [6.07, 6.45) is 0. The first kappa shape index (κ1) is 22.3. The molecule has 0 unspecified atom stereocenters. The third-order valence-electron chi connectivity index (χ3n) is 0.585. The second-order valence-corrected chi connectivity index (χ2v) is 4.67. The van der Waals surface area contributed by atoms with Gasteiger partial charge in [-0.2, -0.15) is 43.2 Å². The van der Waals surface area contributed by atoms with Crippen molar-refractivity contribution in [2.24, 2.45) is 0 Å². The van der Waals surface area contributed by atoms with Gasteiger partial charge in [-0.1, -0.05) is 0 Å². The van der Waals surface area contributed by atoms with Gasteiger partial charge in [0.2, 0.25) is 0 Å². The Hall–Kier alpha value is 0.0883. The molecule has 17 heavy (non-hydrogen) atoms. The summed E-state index contributed by atoms with van der Waals surface area (Å²) in [5.74, 6) is 0. The van der Waals surface area contributed by atoms with Gasteiger partial charge in [-0.3, -0.25) is 9.11 Å². The molecular weight excluding hydrogens is 493 g/mol. The molecule has 0 heterocycles. The van der Waals surface area contributed by atoms with Crippen LogP contribution in [0.15, 0.2) is 0 Å². The monoisotopic (exact) mass is 495 g/mol. The molecule has 0 atom stereocenters. The van der Waals surface area contributed by atoms with Crippen molar-refractivity contribution >= 4 is 20.2 Å². The number of hydrogen-bond acceptors (Lipinski definition) is 4. The van der Waals surface area contributed by atoms with Crippen LogP contribution in [0.25, 0.3) is 0 Å². The van der Waals surface area contributed by atoms with Crippen molar-refractivity contribution in [2.75, 3.05) is 0 Å². The second kappa shape index (κ2) is 6.31. The summed E-state index contributed by atoms with van der Waals surface area (Å²) >= 11 is 0. The van der Waals surface area contributed by atoms with Crippen LogP contribution in [-0.2, 0) is 41.3 Å². The fraction of sp³-hybridized carbons (Fsp3) is 1.00. The number of alkyl halides is 6. The molecule has 0 aliphatic carbocycles. The van der Waals surface area contributed by atoms with E-state index in [-0.39, 0.29) is 21.1 Å². The van der Waals surface area contributed by atoms with Crippen LogP contribution in [0.4, 0.5) is 26.3 Å². The van der Waals surface area contributed by atoms with Gasteiger partial charge in [0.1, 0.15) is 0 Å². The minimum atomic E-state index is -5.84. The van der Waals surface area contributed by atoms with E-state index in [0.29, 0.717) is 0 Å². The minimum Gasteiger partial charge on any atom is -0.279 e. The van der Waals surface area contributed by atoms with Gasteiger partial charge in [0.05, 0.1) is 0 Å². The van der Waals surface area contributed by atoms with E-state index in [9.17, 15) is 26.3 Å². The molecular formula is C2H2F6O6PtS2+2. The fourth-order valence-electron chi connectivity index (χ4n) is 0. The van der Waals surface area contributed by atoms with Gasteiger partial charge in [-0.25, -0.2) is 0 Å². The molecule has 0 aromatic rings. The third kappa shape index (κ3) is 9.76. The van der Waals surface area contributed by atoms with Crippen LogP contribution < -0.4 is 0 Å². The Morgan fingerprint density at radius 1 is 0.647 bits per heavy atom. The largest absolute Gasteiger partial charge is 2.00 e. The van der Waals surface area contributed by atoms with Crippen LogP contribution in [0.3, 0.4) is 0 Å². The van der Waals surface area contributed by atoms with Crippen molar-refractivity contribution in [3.63, 3.8) is 0 Å². The average Bonchev–Trinajstić information content (AvgIpc) is 1.77. The standard InChI is InChI=1S/2CHF3O3S.Pt/c2*2-1(3,4)8(5,6)7;/h2*(H,5,6,7);/q;;+2. The molecule has 0 saturated carbocycles. The number of hydrogen-bond donors (Lipinski definition) is 2. The van der Waals surface area contributed by atoms with Gasteiger partial charge >= 0.3 is 52.3 Å². The summed E-state index contributed by atoms with van der Waals surface area (Å²) in [6, 6.07) is 0. The summed E-state index contributed by atoms with van der Waals surface area (Å²) in [7, 11) is -11.7. The van der Waals surface area contributed by atoms with Crippen LogP contribution >= 0.6 is 0 Å². The van der Waals surface area contributed by atoms with Crippen LogP contribution in [0.2, 0.25) is 0 Å². The van der Waals surface area contributed by atoms with E-state index in [0.717, 1.165) is 0 Å². The zero-order valence-corrected chi connectivity index (χ0v) is 10.8. The minimum absolute atomic E-state index is 0. The van der Waals surface area contributed by atoms with Gasteiger partial charge in [-0.05, 0) is 0 Å². The maximum absolute atomic E-state index is 10.7. The summed E-state index contributed by atoms with van der Waals surface area (Å²) in [5, 5.41) is 0. The van der Waals surface area contributed by atoms with Crippen LogP contribution in [0.5, 0.6) is 0 Å². The van der Waals surface area contributed by atoms with E-state index in [1.54, 1.807) is 0 Å². The smallest absolute Gasteiger partial charge is 0.279 e. The van der Waals surface area contributed by atoms with Crippen LogP contribution in [0, 0.1) is 0 Å². The van der Waals surface area contributed by atoms with E-state index in [1.165, 1.54) is 0 Å². The van der Waals surface area contributed by atoms with Crippen LogP contribution in [0.1, 0.15) is 0 Å². The van der Waals surface area contributed by atoms with Gasteiger partial charge in [0.15, 0.2) is 0 Å². The predicted octanol–water partition coefficient (Wildman–Crippen LogP) is 0.786. The van der Waals surface area contributed by atoms with Gasteiger partial charge in [0, 0.05) is 0 Å². The van der Waals surface area contributed by atoms with Gasteiger partial charge in [-0.15, -0.1) is 0 Å². The Morgan fingerprint density at radius 3 is 0.706 bits per heavy atom. The van der Waals surface area contributed by atoms with Crippen molar-refractivity contribution in [1.29, 1.82) is 0 Å². The molecule has 15 heteroatoms. The Labute approximate surface area is 105 Å². The quantitative estimate of drug-likeness (QED) is 0.292. The van der Waals surface area contributed by atoms with Gasteiger partial charge < -0.3 is 0 Å². The van der Waals surface area contributed by atoms with E-state index in [2.05, 4.69) is 0 Å². The molecule has 6 nitrogen and oxygen atoms in total. The number of rotatable bonds is 0.